The molecule has 0 radical (unpaired) electrons. The van der Waals surface area contributed by atoms with Crippen LogP contribution in [0.4, 0.5) is 13.2 Å². The van der Waals surface area contributed by atoms with Crippen LogP contribution >= 0.6 is 11.6 Å². The Morgan fingerprint density at radius 1 is 1.22 bits per heavy atom. The van der Waals surface area contributed by atoms with Crippen LogP contribution in [0.5, 0.6) is 5.75 Å². The van der Waals surface area contributed by atoms with Crippen LogP contribution in [0.2, 0.25) is 0 Å². The molecule has 1 saturated carbocycles. The van der Waals surface area contributed by atoms with Gasteiger partial charge in [-0.25, -0.2) is 0 Å². The molecule has 1 aliphatic rings. The van der Waals surface area contributed by atoms with Crippen LogP contribution < -0.4 is 4.74 Å². The summed E-state index contributed by atoms with van der Waals surface area (Å²) in [6.07, 6.45) is -0.736. The van der Waals surface area contributed by atoms with E-state index >= 15 is 0 Å². The average Bonchev–Trinajstić information content (AvgIpc) is 2.77. The molecule has 0 atom stereocenters. The summed E-state index contributed by atoms with van der Waals surface area (Å²) in [5, 5.41) is 0. The number of hydrogen-bond acceptors (Lipinski definition) is 1. The first kappa shape index (κ1) is 13.5. The van der Waals surface area contributed by atoms with Gasteiger partial charge in [-0.2, -0.15) is 13.2 Å². The summed E-state index contributed by atoms with van der Waals surface area (Å²) in [4.78, 5) is 0. The molecule has 0 aliphatic heterocycles. The minimum absolute atomic E-state index is 0.243. The van der Waals surface area contributed by atoms with Crippen molar-refractivity contribution in [2.45, 2.75) is 37.5 Å². The molecule has 18 heavy (non-hydrogen) atoms. The lowest BCUT2D eigenvalue weighted by Crippen LogP contribution is -2.34. The van der Waals surface area contributed by atoms with Gasteiger partial charge in [0.1, 0.15) is 11.4 Å². The first-order valence-corrected chi connectivity index (χ1v) is 6.41. The van der Waals surface area contributed by atoms with Crippen molar-refractivity contribution in [1.29, 1.82) is 0 Å². The van der Waals surface area contributed by atoms with Crippen molar-refractivity contribution in [2.24, 2.45) is 0 Å². The van der Waals surface area contributed by atoms with E-state index in [2.05, 4.69) is 0 Å². The molecular formula is C13H14ClF3O. The van der Waals surface area contributed by atoms with E-state index in [0.29, 0.717) is 5.88 Å². The predicted octanol–water partition coefficient (Wildman–Crippen LogP) is 4.64. The molecule has 1 aromatic carbocycles. The summed E-state index contributed by atoms with van der Waals surface area (Å²) < 4.78 is 43.4. The van der Waals surface area contributed by atoms with E-state index in [4.69, 9.17) is 16.3 Å². The van der Waals surface area contributed by atoms with E-state index in [1.165, 1.54) is 6.07 Å². The highest BCUT2D eigenvalue weighted by atomic mass is 35.5. The van der Waals surface area contributed by atoms with E-state index in [-0.39, 0.29) is 5.75 Å². The van der Waals surface area contributed by atoms with Crippen LogP contribution in [0.1, 0.15) is 31.2 Å². The van der Waals surface area contributed by atoms with Gasteiger partial charge in [0, 0.05) is 0 Å². The van der Waals surface area contributed by atoms with Gasteiger partial charge in [-0.1, -0.05) is 6.07 Å². The smallest absolute Gasteiger partial charge is 0.416 e. The fourth-order valence-electron chi connectivity index (χ4n) is 2.27. The van der Waals surface area contributed by atoms with Crippen LogP contribution in [0.25, 0.3) is 0 Å². The second-order valence-electron chi connectivity index (χ2n) is 4.65. The number of hydrogen-bond donors (Lipinski definition) is 0. The maximum absolute atomic E-state index is 12.6. The fraction of sp³-hybridized carbons (Fsp3) is 0.538. The van der Waals surface area contributed by atoms with Crippen LogP contribution in [-0.2, 0) is 6.18 Å². The van der Waals surface area contributed by atoms with Gasteiger partial charge in [0.15, 0.2) is 0 Å². The quantitative estimate of drug-likeness (QED) is 0.732. The first-order valence-electron chi connectivity index (χ1n) is 5.87. The van der Waals surface area contributed by atoms with Crippen molar-refractivity contribution >= 4 is 11.6 Å². The van der Waals surface area contributed by atoms with Crippen molar-refractivity contribution in [3.63, 3.8) is 0 Å². The second kappa shape index (κ2) is 5.00. The minimum atomic E-state index is -4.34. The van der Waals surface area contributed by atoms with Crippen LogP contribution in [0.15, 0.2) is 24.3 Å². The number of alkyl halides is 4. The highest BCUT2D eigenvalue weighted by Crippen LogP contribution is 2.37. The molecule has 1 nitrogen and oxygen atoms in total. The summed E-state index contributed by atoms with van der Waals surface area (Å²) in [5.74, 6) is 0.552. The number of ether oxygens (including phenoxy) is 1. The molecule has 5 heteroatoms. The summed E-state index contributed by atoms with van der Waals surface area (Å²) in [6.45, 7) is 0. The van der Waals surface area contributed by atoms with E-state index < -0.39 is 17.3 Å². The molecule has 0 heterocycles. The van der Waals surface area contributed by atoms with Gasteiger partial charge in [-0.15, -0.1) is 11.6 Å². The molecule has 0 unspecified atom stereocenters. The fourth-order valence-corrected chi connectivity index (χ4v) is 2.59. The lowest BCUT2D eigenvalue weighted by atomic mass is 10.1. The molecule has 1 aromatic rings. The third-order valence-electron chi connectivity index (χ3n) is 3.25. The molecule has 100 valence electrons. The number of benzene rings is 1. The maximum Gasteiger partial charge on any atom is 0.416 e. The molecule has 1 aliphatic carbocycles. The molecule has 0 spiro atoms. The standard InChI is InChI=1S/C13H14ClF3O/c14-9-12(6-1-2-7-12)18-11-5-3-4-10(8-11)13(15,16)17/h3-5,8H,1-2,6-7,9H2. The Morgan fingerprint density at radius 2 is 1.89 bits per heavy atom. The largest absolute Gasteiger partial charge is 0.486 e. The summed E-state index contributed by atoms with van der Waals surface area (Å²) in [6, 6.07) is 4.97. The molecule has 1 fully saturated rings. The summed E-state index contributed by atoms with van der Waals surface area (Å²) in [7, 11) is 0. The average molecular weight is 279 g/mol. The lowest BCUT2D eigenvalue weighted by molar-refractivity contribution is -0.137. The minimum Gasteiger partial charge on any atom is -0.486 e. The maximum atomic E-state index is 12.6. The first-order chi connectivity index (χ1) is 8.45. The van der Waals surface area contributed by atoms with Gasteiger partial charge in [-0.3, -0.25) is 0 Å². The molecular weight excluding hydrogens is 265 g/mol. The zero-order valence-corrected chi connectivity index (χ0v) is 10.5. The van der Waals surface area contributed by atoms with Gasteiger partial charge in [0.25, 0.3) is 0 Å². The molecule has 0 N–H and O–H groups in total. The normalized spacial score (nSPS) is 18.9. The Bertz CT molecular complexity index is 411. The Balaban J connectivity index is 2.19. The molecule has 0 bridgehead atoms. The Kier molecular flexibility index (Phi) is 3.76. The monoisotopic (exact) mass is 278 g/mol. The van der Waals surface area contributed by atoms with Crippen molar-refractivity contribution in [2.75, 3.05) is 5.88 Å². The highest BCUT2D eigenvalue weighted by molar-refractivity contribution is 6.18. The van der Waals surface area contributed by atoms with Crippen molar-refractivity contribution < 1.29 is 17.9 Å². The van der Waals surface area contributed by atoms with Gasteiger partial charge >= 0.3 is 6.18 Å². The topological polar surface area (TPSA) is 9.23 Å². The second-order valence-corrected chi connectivity index (χ2v) is 4.92. The van der Waals surface area contributed by atoms with Crippen LogP contribution in [0.3, 0.4) is 0 Å². The summed E-state index contributed by atoms with van der Waals surface area (Å²) in [5.41, 5.74) is -1.19. The number of rotatable bonds is 3. The van der Waals surface area contributed by atoms with Crippen LogP contribution in [-0.4, -0.2) is 11.5 Å². The molecule has 2 rings (SSSR count). The van der Waals surface area contributed by atoms with Gasteiger partial charge in [0.2, 0.25) is 0 Å². The van der Waals surface area contributed by atoms with Crippen molar-refractivity contribution in [3.05, 3.63) is 29.8 Å². The van der Waals surface area contributed by atoms with Crippen LogP contribution in [0, 0.1) is 0 Å². The van der Waals surface area contributed by atoms with E-state index in [1.54, 1.807) is 6.07 Å². The Labute approximate surface area is 109 Å². The van der Waals surface area contributed by atoms with Gasteiger partial charge in [-0.05, 0) is 43.9 Å². The third-order valence-corrected chi connectivity index (χ3v) is 3.74. The number of halogens is 4. The SMILES string of the molecule is FC(F)(F)c1cccc(OC2(CCl)CCCC2)c1. The molecule has 0 aromatic heterocycles. The highest BCUT2D eigenvalue weighted by Gasteiger charge is 2.36. The van der Waals surface area contributed by atoms with E-state index in [1.807, 2.05) is 0 Å². The third kappa shape index (κ3) is 2.91. The van der Waals surface area contributed by atoms with Crippen molar-refractivity contribution in [1.82, 2.24) is 0 Å². The lowest BCUT2D eigenvalue weighted by Gasteiger charge is -2.28. The van der Waals surface area contributed by atoms with Crippen molar-refractivity contribution in [3.8, 4) is 5.75 Å². The zero-order valence-electron chi connectivity index (χ0n) is 9.77. The van der Waals surface area contributed by atoms with E-state index in [9.17, 15) is 13.2 Å². The van der Waals surface area contributed by atoms with Gasteiger partial charge < -0.3 is 4.74 Å². The Hall–Kier alpha value is -0.900. The predicted molar refractivity (Wildman–Crippen MR) is 64.0 cm³/mol. The summed E-state index contributed by atoms with van der Waals surface area (Å²) >= 11 is 5.90. The Morgan fingerprint density at radius 3 is 2.44 bits per heavy atom. The molecule has 0 saturated heterocycles. The van der Waals surface area contributed by atoms with Gasteiger partial charge in [0.05, 0.1) is 11.4 Å². The molecule has 0 amide bonds. The van der Waals surface area contributed by atoms with E-state index in [0.717, 1.165) is 37.8 Å². The zero-order chi connectivity index (χ0) is 13.2.